The molecule has 0 unspecified atom stereocenters. The van der Waals surface area contributed by atoms with Crippen LogP contribution in [0.15, 0.2) is 36.5 Å². The Bertz CT molecular complexity index is 2230. The first-order chi connectivity index (χ1) is 28.8. The number of sulfonamides is 1. The molecular formula is C43H56F3N3O9S. The summed E-state index contributed by atoms with van der Waals surface area (Å²) in [5.74, 6) is -9.60. The highest BCUT2D eigenvalue weighted by atomic mass is 32.2. The van der Waals surface area contributed by atoms with Gasteiger partial charge in [-0.2, -0.15) is 0 Å². The van der Waals surface area contributed by atoms with Crippen LogP contribution in [-0.4, -0.2) is 83.9 Å². The number of rotatable bonds is 11. The van der Waals surface area contributed by atoms with E-state index in [4.69, 9.17) is 18.3 Å². The van der Waals surface area contributed by atoms with E-state index in [0.717, 1.165) is 13.8 Å². The predicted octanol–water partition coefficient (Wildman–Crippen LogP) is 7.08. The van der Waals surface area contributed by atoms with Crippen LogP contribution in [-0.2, 0) is 33.9 Å². The molecule has 0 spiro atoms. The molecule has 3 heterocycles. The van der Waals surface area contributed by atoms with E-state index < -0.39 is 111 Å². The second-order valence-electron chi connectivity index (χ2n) is 17.5. The number of nitrogens with zero attached hydrogens (tertiary/aromatic N) is 2. The van der Waals surface area contributed by atoms with Gasteiger partial charge in [0.25, 0.3) is 5.92 Å². The molecule has 324 valence electrons. The van der Waals surface area contributed by atoms with Gasteiger partial charge in [-0.05, 0) is 101 Å². The van der Waals surface area contributed by atoms with E-state index in [9.17, 15) is 36.0 Å². The number of benzene rings is 1. The summed E-state index contributed by atoms with van der Waals surface area (Å²) in [6.45, 7) is 3.48. The van der Waals surface area contributed by atoms with E-state index >= 15 is 4.79 Å². The third-order valence-electron chi connectivity index (χ3n) is 12.8. The molecule has 3 fully saturated rings. The molecule has 59 heavy (non-hydrogen) atoms. The van der Waals surface area contributed by atoms with Crippen molar-refractivity contribution in [1.82, 2.24) is 14.6 Å². The molecule has 7 atom stereocenters. The number of nitrogens with one attached hydrogen (secondary N) is 1. The Morgan fingerprint density at radius 1 is 1.15 bits per heavy atom. The molecule has 6 rings (SSSR count). The highest BCUT2D eigenvalue weighted by Crippen LogP contribution is 2.58. The van der Waals surface area contributed by atoms with Gasteiger partial charge in [0.05, 0.1) is 42.2 Å². The number of hydrogen-bond donors (Lipinski definition) is 1. The molecule has 1 N–H and O–H groups in total. The number of amides is 2. The minimum atomic E-state index is -4.72. The third-order valence-corrected chi connectivity index (χ3v) is 14.7. The zero-order valence-corrected chi connectivity index (χ0v) is 35.1. The molecule has 12 nitrogen and oxygen atoms in total. The average molecular weight is 851 g/mol. The van der Waals surface area contributed by atoms with Gasteiger partial charge < -0.3 is 19.1 Å². The summed E-state index contributed by atoms with van der Waals surface area (Å²) in [5.41, 5.74) is -3.80. The van der Waals surface area contributed by atoms with Crippen molar-refractivity contribution in [2.75, 3.05) is 13.7 Å². The van der Waals surface area contributed by atoms with Crippen LogP contribution in [0.4, 0.5) is 13.2 Å². The van der Waals surface area contributed by atoms with Crippen LogP contribution in [0.1, 0.15) is 110 Å². The lowest BCUT2D eigenvalue weighted by molar-refractivity contribution is -0.197. The third kappa shape index (κ3) is 9.12. The van der Waals surface area contributed by atoms with Crippen molar-refractivity contribution < 1.29 is 59.1 Å². The molecule has 2 aliphatic carbocycles. The van der Waals surface area contributed by atoms with Crippen molar-refractivity contribution in [2.24, 2.45) is 29.1 Å². The number of aromatic nitrogens is 1. The van der Waals surface area contributed by atoms with E-state index in [2.05, 4.69) is 4.98 Å². The highest BCUT2D eigenvalue weighted by molar-refractivity contribution is 7.91. The molecule has 2 amide bonds. The Balaban J connectivity index is 1.38. The molecule has 2 aliphatic heterocycles. The number of fused-ring (bicyclic) bond motifs is 3. The van der Waals surface area contributed by atoms with Crippen molar-refractivity contribution in [2.45, 2.75) is 134 Å². The first kappa shape index (κ1) is 40.2. The largest absolute Gasteiger partial charge is 0.494 e. The van der Waals surface area contributed by atoms with Gasteiger partial charge >= 0.3 is 5.97 Å². The molecule has 0 radical (unpaired) electrons. The van der Waals surface area contributed by atoms with Crippen LogP contribution < -0.4 is 14.2 Å². The highest BCUT2D eigenvalue weighted by Gasteiger charge is 2.63. The van der Waals surface area contributed by atoms with Crippen LogP contribution in [0.25, 0.3) is 10.8 Å². The maximum absolute atomic E-state index is 15.1. The van der Waals surface area contributed by atoms with Crippen molar-refractivity contribution in [1.29, 1.82) is 0 Å². The second kappa shape index (κ2) is 16.3. The van der Waals surface area contributed by atoms with Crippen LogP contribution in [0.3, 0.4) is 0 Å². The lowest BCUT2D eigenvalue weighted by atomic mass is 9.79. The van der Waals surface area contributed by atoms with E-state index in [0.29, 0.717) is 38.0 Å². The summed E-state index contributed by atoms with van der Waals surface area (Å²) < 4.78 is 111. The average Bonchev–Trinajstić information content (AvgIpc) is 4.09. The van der Waals surface area contributed by atoms with Crippen LogP contribution in [0.5, 0.6) is 11.6 Å². The number of allylic oxidation sites excluding steroid dienone is 2. The lowest BCUT2D eigenvalue weighted by Crippen LogP contribution is -2.49. The van der Waals surface area contributed by atoms with Crippen molar-refractivity contribution in [3.63, 3.8) is 0 Å². The van der Waals surface area contributed by atoms with Gasteiger partial charge in [-0.3, -0.25) is 23.9 Å². The van der Waals surface area contributed by atoms with Gasteiger partial charge in [0.2, 0.25) is 27.7 Å². The predicted molar refractivity (Wildman–Crippen MR) is 212 cm³/mol. The van der Waals surface area contributed by atoms with Crippen LogP contribution in [0, 0.1) is 34.9 Å². The second-order valence-corrected chi connectivity index (χ2v) is 19.5. The summed E-state index contributed by atoms with van der Waals surface area (Å²) in [6.07, 6.45) is 4.66. The molecule has 16 heteroatoms. The topological polar surface area (TPSA) is 158 Å². The van der Waals surface area contributed by atoms with Gasteiger partial charge in [0, 0.05) is 35.5 Å². The molecule has 1 aromatic heterocycles. The van der Waals surface area contributed by atoms with Gasteiger partial charge in [-0.15, -0.1) is 0 Å². The van der Waals surface area contributed by atoms with Gasteiger partial charge in [0.15, 0.2) is 23.0 Å². The van der Waals surface area contributed by atoms with Gasteiger partial charge in [-0.1, -0.05) is 32.4 Å². The Labute approximate surface area is 348 Å². The standard InChI is InChI=1S/C43H56F3N3O9S/c1-8-26-17-25(2)11-9-10-12-28-22-43(28,39(53)48-59(54,55)41(5)14-15-41)23-34(50)33-19-29(57-37-30-20-32(44)35(56-7)18-27(30)13-16-47-37)24-49(33)38(52)31(26)21-36(51)58-40(3,4)42(6,45)46/h10,12-13,16,18,20,25-26,28-29,31,33H,8-9,11,14-15,17,19,21-24H2,1-7H3,(H,48,53)/b12-10-/t25-,26-,28-,29-,31+,33+,43-/m1/s1/i5D3. The van der Waals surface area contributed by atoms with Crippen molar-refractivity contribution >= 4 is 44.4 Å². The number of carbonyl (C=O) groups excluding carboxylic acids is 4. The minimum Gasteiger partial charge on any atom is -0.494 e. The summed E-state index contributed by atoms with van der Waals surface area (Å²) in [5, 5.41) is 0.799. The zero-order valence-electron chi connectivity index (χ0n) is 37.3. The van der Waals surface area contributed by atoms with E-state index in [1.54, 1.807) is 12.1 Å². The maximum Gasteiger partial charge on any atom is 0.307 e. The van der Waals surface area contributed by atoms with Crippen LogP contribution in [0.2, 0.25) is 0 Å². The first-order valence-corrected chi connectivity index (χ1v) is 21.7. The van der Waals surface area contributed by atoms with Gasteiger partial charge in [-0.25, -0.2) is 26.6 Å². The quantitative estimate of drug-likeness (QED) is 0.183. The first-order valence-electron chi connectivity index (χ1n) is 21.7. The SMILES string of the molecule is [2H]C([2H])([2H])C1(S(=O)(=O)NC(=O)[C@]23CC(=O)[C@@H]4C[C@@H](Oc5nccc6cc(OC)c(F)cc56)CN4C(=O)[C@@H](CC(=O)OC(C)(C)C(C)(F)F)[C@H](CC)C[C@H](C)CC/C=C\[C@@H]2C3)CC1. The molecule has 2 aromatic rings. The number of hydrogen-bond acceptors (Lipinski definition) is 10. The number of alkyl halides is 2. The molecule has 1 saturated heterocycles. The van der Waals surface area contributed by atoms with Gasteiger partial charge in [0.1, 0.15) is 6.10 Å². The lowest BCUT2D eigenvalue weighted by Gasteiger charge is -2.35. The Hall–Kier alpha value is -4.21. The van der Waals surface area contributed by atoms with E-state index in [-0.39, 0.29) is 55.2 Å². The number of Topliss-reactive ketones (excluding diaryl/α,β-unsaturated/α-hetero) is 1. The molecule has 0 bridgehead atoms. The number of esters is 1. The Morgan fingerprint density at radius 2 is 1.88 bits per heavy atom. The molecular weight excluding hydrogens is 792 g/mol. The zero-order chi connectivity index (χ0) is 45.8. The van der Waals surface area contributed by atoms with Crippen molar-refractivity contribution in [3.05, 3.63) is 42.4 Å². The fraction of sp³-hybridized carbons (Fsp3) is 0.651. The fourth-order valence-electron chi connectivity index (χ4n) is 8.40. The fourth-order valence-corrected chi connectivity index (χ4v) is 9.69. The Kier molecular flexibility index (Phi) is 11.1. The minimum absolute atomic E-state index is 0.00323. The number of ketones is 1. The smallest absolute Gasteiger partial charge is 0.307 e. The van der Waals surface area contributed by atoms with Crippen molar-refractivity contribution in [3.8, 4) is 11.6 Å². The van der Waals surface area contributed by atoms with E-state index in [1.807, 2.05) is 24.6 Å². The molecule has 1 aromatic carbocycles. The monoisotopic (exact) mass is 850 g/mol. The summed E-state index contributed by atoms with van der Waals surface area (Å²) in [7, 11) is -3.40. The number of methoxy groups -OCH3 is 1. The summed E-state index contributed by atoms with van der Waals surface area (Å²) in [4.78, 5) is 63.1. The summed E-state index contributed by atoms with van der Waals surface area (Å²) >= 11 is 0. The summed E-state index contributed by atoms with van der Waals surface area (Å²) in [6, 6.07) is 2.99. The maximum atomic E-state index is 15.1. The normalized spacial score (nSPS) is 30.3. The molecule has 2 saturated carbocycles. The van der Waals surface area contributed by atoms with E-state index in [1.165, 1.54) is 30.3 Å². The number of pyridine rings is 1. The Morgan fingerprint density at radius 3 is 2.53 bits per heavy atom. The van der Waals surface area contributed by atoms with Crippen LogP contribution >= 0.6 is 0 Å². The number of halogens is 3. The number of ether oxygens (including phenoxy) is 3. The number of carbonyl (C=O) groups is 4. The molecule has 4 aliphatic rings.